The molecule has 1 aromatic rings. The normalized spacial score (nSPS) is 15.1. The van der Waals surface area contributed by atoms with E-state index in [1.165, 1.54) is 0 Å². The van der Waals surface area contributed by atoms with Crippen LogP contribution in [0.2, 0.25) is 0 Å². The molecular formula is C12H23BrN4O. The molecular weight excluding hydrogens is 296 g/mol. The molecule has 1 aromatic heterocycles. The van der Waals surface area contributed by atoms with Crippen LogP contribution in [0.15, 0.2) is 10.7 Å². The Morgan fingerprint density at radius 1 is 1.56 bits per heavy atom. The van der Waals surface area contributed by atoms with Crippen LogP contribution < -0.4 is 5.32 Å². The molecule has 0 saturated heterocycles. The lowest BCUT2D eigenvalue weighted by Gasteiger charge is -2.25. The fourth-order valence-electron chi connectivity index (χ4n) is 1.85. The molecule has 0 bridgehead atoms. The van der Waals surface area contributed by atoms with Gasteiger partial charge in [0.1, 0.15) is 5.60 Å². The van der Waals surface area contributed by atoms with Gasteiger partial charge in [0, 0.05) is 6.54 Å². The van der Waals surface area contributed by atoms with Crippen molar-refractivity contribution in [1.82, 2.24) is 20.0 Å². The Bertz CT molecular complexity index is 376. The summed E-state index contributed by atoms with van der Waals surface area (Å²) in [5, 5.41) is 18.0. The van der Waals surface area contributed by atoms with E-state index in [1.54, 1.807) is 6.20 Å². The van der Waals surface area contributed by atoms with E-state index in [4.69, 9.17) is 0 Å². The standard InChI is InChI=1S/C12H23BrN4O/c1-12(18,5-6-14-2)11-10(13)9-15-17(11)8-7-16(3)4/h9,14,18H,5-8H2,1-4H3. The first kappa shape index (κ1) is 15.6. The van der Waals surface area contributed by atoms with Gasteiger partial charge in [-0.3, -0.25) is 4.68 Å². The van der Waals surface area contributed by atoms with Crippen molar-refractivity contribution in [2.75, 3.05) is 34.2 Å². The predicted octanol–water partition coefficient (Wildman–Crippen LogP) is 1.02. The molecule has 0 aromatic carbocycles. The molecule has 1 unspecified atom stereocenters. The van der Waals surface area contributed by atoms with Crippen LogP contribution in [0.3, 0.4) is 0 Å². The minimum absolute atomic E-state index is 0.649. The second-order valence-corrected chi connectivity index (χ2v) is 5.85. The highest BCUT2D eigenvalue weighted by molar-refractivity contribution is 9.10. The van der Waals surface area contributed by atoms with E-state index < -0.39 is 5.60 Å². The zero-order chi connectivity index (χ0) is 13.8. The van der Waals surface area contributed by atoms with Gasteiger partial charge in [0.25, 0.3) is 0 Å². The molecule has 0 saturated carbocycles. The molecule has 6 heteroatoms. The Kier molecular flexibility index (Phi) is 5.78. The quantitative estimate of drug-likeness (QED) is 0.788. The number of halogens is 1. The van der Waals surface area contributed by atoms with Gasteiger partial charge in [-0.2, -0.15) is 5.10 Å². The van der Waals surface area contributed by atoms with E-state index in [0.29, 0.717) is 6.42 Å². The van der Waals surface area contributed by atoms with Crippen LogP contribution in [-0.2, 0) is 12.1 Å². The Balaban J connectivity index is 2.88. The minimum Gasteiger partial charge on any atom is -0.384 e. The summed E-state index contributed by atoms with van der Waals surface area (Å²) < 4.78 is 2.74. The van der Waals surface area contributed by atoms with Gasteiger partial charge in [-0.05, 0) is 57.0 Å². The van der Waals surface area contributed by atoms with E-state index in [1.807, 2.05) is 32.7 Å². The molecule has 0 spiro atoms. The van der Waals surface area contributed by atoms with Crippen LogP contribution in [0.5, 0.6) is 0 Å². The largest absolute Gasteiger partial charge is 0.384 e. The summed E-state index contributed by atoms with van der Waals surface area (Å²) in [5.41, 5.74) is -0.0374. The number of aliphatic hydroxyl groups is 1. The molecule has 0 aliphatic carbocycles. The molecule has 0 radical (unpaired) electrons. The number of nitrogens with one attached hydrogen (secondary N) is 1. The lowest BCUT2D eigenvalue weighted by Crippen LogP contribution is -2.31. The van der Waals surface area contributed by atoms with E-state index >= 15 is 0 Å². The average molecular weight is 319 g/mol. The van der Waals surface area contributed by atoms with E-state index in [0.717, 1.165) is 29.8 Å². The minimum atomic E-state index is -0.884. The van der Waals surface area contributed by atoms with Gasteiger partial charge >= 0.3 is 0 Å². The van der Waals surface area contributed by atoms with Gasteiger partial charge in [0.15, 0.2) is 0 Å². The fraction of sp³-hybridized carbons (Fsp3) is 0.750. The Morgan fingerprint density at radius 3 is 2.78 bits per heavy atom. The maximum Gasteiger partial charge on any atom is 0.106 e. The smallest absolute Gasteiger partial charge is 0.106 e. The van der Waals surface area contributed by atoms with E-state index in [9.17, 15) is 5.11 Å². The number of aromatic nitrogens is 2. The Labute approximate surface area is 117 Å². The molecule has 0 amide bonds. The summed E-state index contributed by atoms with van der Waals surface area (Å²) in [6.45, 7) is 4.25. The number of likely N-dealkylation sites (N-methyl/N-ethyl adjacent to an activating group) is 1. The summed E-state index contributed by atoms with van der Waals surface area (Å²) in [5.74, 6) is 0. The first-order valence-electron chi connectivity index (χ1n) is 6.12. The SMILES string of the molecule is CNCCC(C)(O)c1c(Br)cnn1CCN(C)C. The average Bonchev–Trinajstić information content (AvgIpc) is 2.66. The third-order valence-corrected chi connectivity index (χ3v) is 3.51. The third kappa shape index (κ3) is 4.05. The first-order valence-corrected chi connectivity index (χ1v) is 6.91. The van der Waals surface area contributed by atoms with Gasteiger partial charge in [-0.15, -0.1) is 0 Å². The second-order valence-electron chi connectivity index (χ2n) is 4.99. The molecule has 1 rings (SSSR count). The Hall–Kier alpha value is -0.430. The molecule has 0 aliphatic heterocycles. The molecule has 18 heavy (non-hydrogen) atoms. The van der Waals surface area contributed by atoms with Crippen molar-refractivity contribution in [1.29, 1.82) is 0 Å². The van der Waals surface area contributed by atoms with Crippen LogP contribution in [0.4, 0.5) is 0 Å². The fourth-order valence-corrected chi connectivity index (χ4v) is 2.57. The molecule has 0 aliphatic rings. The van der Waals surface area contributed by atoms with E-state index in [2.05, 4.69) is 31.2 Å². The van der Waals surface area contributed by atoms with Crippen molar-refractivity contribution in [2.24, 2.45) is 0 Å². The molecule has 5 nitrogen and oxygen atoms in total. The summed E-state index contributed by atoms with van der Waals surface area (Å²) in [4.78, 5) is 2.10. The van der Waals surface area contributed by atoms with Crippen LogP contribution >= 0.6 is 15.9 Å². The second kappa shape index (κ2) is 6.65. The highest BCUT2D eigenvalue weighted by Crippen LogP contribution is 2.30. The summed E-state index contributed by atoms with van der Waals surface area (Å²) in [6.07, 6.45) is 2.40. The Morgan fingerprint density at radius 2 is 2.22 bits per heavy atom. The molecule has 2 N–H and O–H groups in total. The number of hydrogen-bond acceptors (Lipinski definition) is 4. The van der Waals surface area contributed by atoms with Crippen LogP contribution in [0, 0.1) is 0 Å². The molecule has 1 atom stereocenters. The van der Waals surface area contributed by atoms with Crippen molar-refractivity contribution in [2.45, 2.75) is 25.5 Å². The van der Waals surface area contributed by atoms with Crippen molar-refractivity contribution in [3.8, 4) is 0 Å². The molecule has 104 valence electrons. The topological polar surface area (TPSA) is 53.3 Å². The van der Waals surface area contributed by atoms with E-state index in [-0.39, 0.29) is 0 Å². The highest BCUT2D eigenvalue weighted by atomic mass is 79.9. The van der Waals surface area contributed by atoms with Gasteiger partial charge in [0.2, 0.25) is 0 Å². The number of hydrogen-bond donors (Lipinski definition) is 2. The van der Waals surface area contributed by atoms with Gasteiger partial charge in [0.05, 0.1) is 22.9 Å². The monoisotopic (exact) mass is 318 g/mol. The van der Waals surface area contributed by atoms with Gasteiger partial charge in [-0.25, -0.2) is 0 Å². The van der Waals surface area contributed by atoms with Crippen molar-refractivity contribution in [3.05, 3.63) is 16.4 Å². The zero-order valence-electron chi connectivity index (χ0n) is 11.6. The molecule has 1 heterocycles. The lowest BCUT2D eigenvalue weighted by atomic mass is 9.98. The van der Waals surface area contributed by atoms with Crippen LogP contribution in [0.1, 0.15) is 19.0 Å². The number of nitrogens with zero attached hydrogens (tertiary/aromatic N) is 3. The maximum atomic E-state index is 10.6. The summed E-state index contributed by atoms with van der Waals surface area (Å²) in [6, 6.07) is 0. The highest BCUT2D eigenvalue weighted by Gasteiger charge is 2.29. The summed E-state index contributed by atoms with van der Waals surface area (Å²) in [7, 11) is 5.93. The zero-order valence-corrected chi connectivity index (χ0v) is 13.2. The van der Waals surface area contributed by atoms with Gasteiger partial charge < -0.3 is 15.3 Å². The number of rotatable bonds is 7. The first-order chi connectivity index (χ1) is 8.38. The van der Waals surface area contributed by atoms with Crippen LogP contribution in [-0.4, -0.2) is 54.0 Å². The summed E-state index contributed by atoms with van der Waals surface area (Å²) >= 11 is 3.47. The lowest BCUT2D eigenvalue weighted by molar-refractivity contribution is 0.0379. The predicted molar refractivity (Wildman–Crippen MR) is 76.6 cm³/mol. The third-order valence-electron chi connectivity index (χ3n) is 2.93. The molecule has 0 fully saturated rings. The van der Waals surface area contributed by atoms with Crippen molar-refractivity contribution >= 4 is 15.9 Å². The van der Waals surface area contributed by atoms with Crippen molar-refractivity contribution in [3.63, 3.8) is 0 Å². The maximum absolute atomic E-state index is 10.6. The van der Waals surface area contributed by atoms with Crippen LogP contribution in [0.25, 0.3) is 0 Å². The van der Waals surface area contributed by atoms with Crippen molar-refractivity contribution < 1.29 is 5.11 Å². The van der Waals surface area contributed by atoms with Gasteiger partial charge in [-0.1, -0.05) is 0 Å².